The molecule has 0 aliphatic rings. The molecule has 0 bridgehead atoms. The fourth-order valence-electron chi connectivity index (χ4n) is 0.958. The molecular weight excluding hydrogens is 156 g/mol. The smallest absolute Gasteiger partial charge is 0.306 e. The van der Waals surface area contributed by atoms with Crippen LogP contribution in [0, 0.1) is 0 Å². The lowest BCUT2D eigenvalue weighted by atomic mass is 10.1. The molecule has 1 atom stereocenters. The molecule has 12 heavy (non-hydrogen) atoms. The van der Waals surface area contributed by atoms with E-state index in [-0.39, 0.29) is 6.42 Å². The summed E-state index contributed by atoms with van der Waals surface area (Å²) in [5, 5.41) is 17.7. The van der Waals surface area contributed by atoms with Gasteiger partial charge in [0.25, 0.3) is 0 Å². The highest BCUT2D eigenvalue weighted by atomic mass is 16.4. The van der Waals surface area contributed by atoms with Gasteiger partial charge in [-0.1, -0.05) is 30.3 Å². The highest BCUT2D eigenvalue weighted by Crippen LogP contribution is 2.15. The van der Waals surface area contributed by atoms with E-state index in [2.05, 4.69) is 0 Å². The third-order valence-corrected chi connectivity index (χ3v) is 1.55. The van der Waals surface area contributed by atoms with E-state index in [0.717, 1.165) is 0 Å². The molecule has 0 amide bonds. The second-order valence-electron chi connectivity index (χ2n) is 2.52. The number of aliphatic hydroxyl groups is 1. The standard InChI is InChI=1S/C9H10O3/c10-8(6-9(11)12)7-4-2-1-3-5-7/h1-5,8,10H,6H2,(H,11,12). The first kappa shape index (κ1) is 8.74. The van der Waals surface area contributed by atoms with Gasteiger partial charge in [0.2, 0.25) is 0 Å². The number of hydrogen-bond acceptors (Lipinski definition) is 2. The fraction of sp³-hybridized carbons (Fsp3) is 0.222. The van der Waals surface area contributed by atoms with Gasteiger partial charge in [0.1, 0.15) is 0 Å². The molecule has 0 aliphatic heterocycles. The first-order chi connectivity index (χ1) is 5.70. The maximum atomic E-state index is 10.2. The minimum absolute atomic E-state index is 0.246. The summed E-state index contributed by atoms with van der Waals surface area (Å²) in [6.07, 6.45) is -1.15. The Morgan fingerprint density at radius 1 is 1.33 bits per heavy atom. The Kier molecular flexibility index (Phi) is 2.82. The van der Waals surface area contributed by atoms with Crippen molar-refractivity contribution in [3.05, 3.63) is 35.9 Å². The van der Waals surface area contributed by atoms with Crippen LogP contribution in [0.4, 0.5) is 0 Å². The molecule has 0 aliphatic carbocycles. The molecule has 0 saturated heterocycles. The SMILES string of the molecule is O=C(O)CC(O)c1ccccc1. The van der Waals surface area contributed by atoms with Crippen molar-refractivity contribution in [3.8, 4) is 0 Å². The molecule has 0 aromatic heterocycles. The van der Waals surface area contributed by atoms with Crippen molar-refractivity contribution in [2.75, 3.05) is 0 Å². The molecular formula is C9H10O3. The van der Waals surface area contributed by atoms with E-state index in [1.165, 1.54) is 0 Å². The summed E-state index contributed by atoms with van der Waals surface area (Å²) in [5.74, 6) is -0.994. The van der Waals surface area contributed by atoms with Gasteiger partial charge >= 0.3 is 5.97 Å². The number of benzene rings is 1. The fourth-order valence-corrected chi connectivity index (χ4v) is 0.958. The summed E-state index contributed by atoms with van der Waals surface area (Å²) in [6, 6.07) is 8.75. The maximum Gasteiger partial charge on any atom is 0.306 e. The Hall–Kier alpha value is -1.35. The van der Waals surface area contributed by atoms with Gasteiger partial charge in [0.05, 0.1) is 12.5 Å². The first-order valence-electron chi connectivity index (χ1n) is 3.65. The Morgan fingerprint density at radius 2 is 1.92 bits per heavy atom. The molecule has 0 saturated carbocycles. The van der Waals surface area contributed by atoms with Crippen molar-refractivity contribution in [2.24, 2.45) is 0 Å². The van der Waals surface area contributed by atoms with Gasteiger partial charge in [0, 0.05) is 0 Å². The van der Waals surface area contributed by atoms with Crippen LogP contribution in [0.15, 0.2) is 30.3 Å². The molecule has 3 nitrogen and oxygen atoms in total. The molecule has 0 radical (unpaired) electrons. The predicted molar refractivity (Wildman–Crippen MR) is 43.7 cm³/mol. The van der Waals surface area contributed by atoms with Gasteiger partial charge in [-0.25, -0.2) is 0 Å². The van der Waals surface area contributed by atoms with Crippen LogP contribution < -0.4 is 0 Å². The monoisotopic (exact) mass is 166 g/mol. The minimum Gasteiger partial charge on any atom is -0.481 e. The summed E-state index contributed by atoms with van der Waals surface area (Å²) in [7, 11) is 0. The number of rotatable bonds is 3. The van der Waals surface area contributed by atoms with Crippen LogP contribution in [0.1, 0.15) is 18.1 Å². The predicted octanol–water partition coefficient (Wildman–Crippen LogP) is 1.19. The number of hydrogen-bond donors (Lipinski definition) is 2. The second kappa shape index (κ2) is 3.88. The Labute approximate surface area is 70.3 Å². The Morgan fingerprint density at radius 3 is 2.42 bits per heavy atom. The van der Waals surface area contributed by atoms with Crippen molar-refractivity contribution in [2.45, 2.75) is 12.5 Å². The van der Waals surface area contributed by atoms with Gasteiger partial charge in [-0.3, -0.25) is 4.79 Å². The molecule has 1 aromatic rings. The largest absolute Gasteiger partial charge is 0.481 e. The van der Waals surface area contributed by atoms with Crippen LogP contribution in [0.25, 0.3) is 0 Å². The quantitative estimate of drug-likeness (QED) is 0.709. The summed E-state index contributed by atoms with van der Waals surface area (Å²) in [4.78, 5) is 10.2. The number of aliphatic carboxylic acids is 1. The van der Waals surface area contributed by atoms with Crippen molar-refractivity contribution >= 4 is 5.97 Å². The van der Waals surface area contributed by atoms with Crippen LogP contribution in [0.5, 0.6) is 0 Å². The van der Waals surface area contributed by atoms with E-state index in [4.69, 9.17) is 5.11 Å². The zero-order valence-electron chi connectivity index (χ0n) is 6.47. The lowest BCUT2D eigenvalue weighted by Gasteiger charge is -2.06. The highest BCUT2D eigenvalue weighted by molar-refractivity contribution is 5.67. The number of carboxylic acids is 1. The normalized spacial score (nSPS) is 12.4. The van der Waals surface area contributed by atoms with Crippen LogP contribution >= 0.6 is 0 Å². The van der Waals surface area contributed by atoms with Gasteiger partial charge in [0.15, 0.2) is 0 Å². The Bertz CT molecular complexity index is 256. The van der Waals surface area contributed by atoms with Crippen molar-refractivity contribution in [1.82, 2.24) is 0 Å². The van der Waals surface area contributed by atoms with Crippen LogP contribution in [-0.4, -0.2) is 16.2 Å². The molecule has 3 heteroatoms. The summed E-state index contributed by atoms with van der Waals surface area (Å²) < 4.78 is 0. The second-order valence-corrected chi connectivity index (χ2v) is 2.52. The number of aliphatic hydroxyl groups excluding tert-OH is 1. The van der Waals surface area contributed by atoms with E-state index in [9.17, 15) is 9.90 Å². The lowest BCUT2D eigenvalue weighted by Crippen LogP contribution is -2.04. The number of carbonyl (C=O) groups is 1. The first-order valence-corrected chi connectivity index (χ1v) is 3.65. The summed E-state index contributed by atoms with van der Waals surface area (Å²) >= 11 is 0. The minimum atomic E-state index is -0.994. The van der Waals surface area contributed by atoms with Crippen molar-refractivity contribution < 1.29 is 15.0 Å². The van der Waals surface area contributed by atoms with Crippen LogP contribution in [-0.2, 0) is 4.79 Å². The molecule has 1 rings (SSSR count). The van der Waals surface area contributed by atoms with Gasteiger partial charge in [-0.15, -0.1) is 0 Å². The van der Waals surface area contributed by atoms with Gasteiger partial charge in [-0.05, 0) is 5.56 Å². The zero-order valence-corrected chi connectivity index (χ0v) is 6.47. The third kappa shape index (κ3) is 2.36. The average molecular weight is 166 g/mol. The van der Waals surface area contributed by atoms with Crippen LogP contribution in [0.3, 0.4) is 0 Å². The van der Waals surface area contributed by atoms with E-state index >= 15 is 0 Å². The van der Waals surface area contributed by atoms with E-state index in [1.54, 1.807) is 24.3 Å². The molecule has 1 aromatic carbocycles. The van der Waals surface area contributed by atoms with Gasteiger partial charge in [-0.2, -0.15) is 0 Å². The van der Waals surface area contributed by atoms with Gasteiger partial charge < -0.3 is 10.2 Å². The molecule has 0 heterocycles. The van der Waals surface area contributed by atoms with Crippen molar-refractivity contribution in [3.63, 3.8) is 0 Å². The lowest BCUT2D eigenvalue weighted by molar-refractivity contribution is -0.139. The maximum absolute atomic E-state index is 10.2. The van der Waals surface area contributed by atoms with Crippen LogP contribution in [0.2, 0.25) is 0 Å². The summed E-state index contributed by atoms with van der Waals surface area (Å²) in [6.45, 7) is 0. The zero-order chi connectivity index (χ0) is 8.97. The summed E-state index contributed by atoms with van der Waals surface area (Å²) in [5.41, 5.74) is 0.639. The highest BCUT2D eigenvalue weighted by Gasteiger charge is 2.10. The van der Waals surface area contributed by atoms with E-state index in [0.29, 0.717) is 5.56 Å². The molecule has 1 unspecified atom stereocenters. The van der Waals surface area contributed by atoms with E-state index in [1.807, 2.05) is 6.07 Å². The molecule has 2 N–H and O–H groups in total. The number of carboxylic acid groups (broad SMARTS) is 1. The third-order valence-electron chi connectivity index (χ3n) is 1.55. The Balaban J connectivity index is 2.65. The molecule has 0 fully saturated rings. The molecule has 64 valence electrons. The van der Waals surface area contributed by atoms with E-state index < -0.39 is 12.1 Å². The molecule has 0 spiro atoms. The van der Waals surface area contributed by atoms with Crippen molar-refractivity contribution in [1.29, 1.82) is 0 Å². The average Bonchev–Trinajstić information content (AvgIpc) is 2.05. The topological polar surface area (TPSA) is 57.5 Å².